The van der Waals surface area contributed by atoms with Gasteiger partial charge in [-0.05, 0) is 13.3 Å². The second kappa shape index (κ2) is 4.59. The summed E-state index contributed by atoms with van der Waals surface area (Å²) in [5.74, 6) is 0. The third-order valence-corrected chi connectivity index (χ3v) is 4.13. The van der Waals surface area contributed by atoms with Crippen molar-refractivity contribution in [1.82, 2.24) is 0 Å². The Morgan fingerprint density at radius 3 is 2.88 bits per heavy atom. The monoisotopic (exact) mass is 258 g/mol. The molecule has 2 N–H and O–H groups in total. The maximum Gasteiger partial charge on any atom is 0.304 e. The zero-order chi connectivity index (χ0) is 12.6. The normalized spacial score (nSPS) is 21.8. The third kappa shape index (κ3) is 2.41. The van der Waals surface area contributed by atoms with Crippen molar-refractivity contribution in [1.29, 1.82) is 0 Å². The molecular formula is C10H14N2O4S. The fourth-order valence-corrected chi connectivity index (χ4v) is 2.98. The Morgan fingerprint density at radius 2 is 2.41 bits per heavy atom. The van der Waals surface area contributed by atoms with Crippen molar-refractivity contribution in [3.05, 3.63) is 21.1 Å². The van der Waals surface area contributed by atoms with Crippen molar-refractivity contribution in [2.45, 2.75) is 25.6 Å². The molecule has 94 valence electrons. The minimum absolute atomic E-state index is 0.0139. The molecule has 2 rings (SSSR count). The van der Waals surface area contributed by atoms with E-state index in [1.807, 2.05) is 0 Å². The SMILES string of the molecule is C[C@@H](O)c1cc([N+](=O)[O-])c(N2CCC(O)C2)s1. The topological polar surface area (TPSA) is 86.8 Å². The largest absolute Gasteiger partial charge is 0.391 e. The predicted octanol–water partition coefficient (Wildman–Crippen LogP) is 1.28. The maximum absolute atomic E-state index is 10.9. The lowest BCUT2D eigenvalue weighted by Gasteiger charge is -2.14. The molecule has 0 aliphatic carbocycles. The van der Waals surface area contributed by atoms with E-state index in [0.717, 1.165) is 0 Å². The number of hydrogen-bond donors (Lipinski definition) is 2. The zero-order valence-electron chi connectivity index (χ0n) is 9.37. The molecule has 0 amide bonds. The number of aliphatic hydroxyl groups excluding tert-OH is 2. The summed E-state index contributed by atoms with van der Waals surface area (Å²) >= 11 is 1.22. The first-order valence-electron chi connectivity index (χ1n) is 5.38. The molecule has 1 aromatic rings. The smallest absolute Gasteiger partial charge is 0.304 e. The van der Waals surface area contributed by atoms with Crippen LogP contribution in [0.2, 0.25) is 0 Å². The van der Waals surface area contributed by atoms with Gasteiger partial charge >= 0.3 is 5.69 Å². The Morgan fingerprint density at radius 1 is 1.71 bits per heavy atom. The molecule has 2 heterocycles. The molecule has 7 heteroatoms. The molecule has 0 radical (unpaired) electrons. The molecule has 1 aromatic heterocycles. The standard InChI is InChI=1S/C10H14N2O4S/c1-6(13)9-4-8(12(15)16)10(17-9)11-3-2-7(14)5-11/h4,6-7,13-14H,2-3,5H2,1H3/t6-,7?/m1/s1. The van der Waals surface area contributed by atoms with Crippen LogP contribution in [0.4, 0.5) is 10.7 Å². The van der Waals surface area contributed by atoms with Crippen molar-refractivity contribution in [2.24, 2.45) is 0 Å². The fourth-order valence-electron chi connectivity index (χ4n) is 1.88. The Hall–Kier alpha value is -1.18. The number of β-amino-alcohol motifs (C(OH)–C–C–N with tert-alkyl or cyclic N) is 1. The van der Waals surface area contributed by atoms with Gasteiger partial charge in [0.05, 0.1) is 17.1 Å². The first-order chi connectivity index (χ1) is 7.99. The van der Waals surface area contributed by atoms with Crippen molar-refractivity contribution in [2.75, 3.05) is 18.0 Å². The molecule has 6 nitrogen and oxygen atoms in total. The fraction of sp³-hybridized carbons (Fsp3) is 0.600. The van der Waals surface area contributed by atoms with Crippen LogP contribution in [-0.4, -0.2) is 34.3 Å². The van der Waals surface area contributed by atoms with E-state index < -0.39 is 17.1 Å². The van der Waals surface area contributed by atoms with Crippen molar-refractivity contribution in [3.63, 3.8) is 0 Å². The Balaban J connectivity index is 2.34. The summed E-state index contributed by atoms with van der Waals surface area (Å²) < 4.78 is 0. The molecule has 1 aliphatic rings. The minimum atomic E-state index is -0.708. The molecule has 0 saturated carbocycles. The minimum Gasteiger partial charge on any atom is -0.391 e. The number of thiophene rings is 1. The Labute approximate surface area is 102 Å². The second-order valence-corrected chi connectivity index (χ2v) is 5.22. The van der Waals surface area contributed by atoms with Gasteiger partial charge in [-0.25, -0.2) is 0 Å². The molecule has 1 saturated heterocycles. The first kappa shape index (κ1) is 12.3. The van der Waals surface area contributed by atoms with E-state index in [2.05, 4.69) is 0 Å². The lowest BCUT2D eigenvalue weighted by molar-refractivity contribution is -0.383. The lowest BCUT2D eigenvalue weighted by Crippen LogP contribution is -2.20. The van der Waals surface area contributed by atoms with Gasteiger partial charge in [0.1, 0.15) is 0 Å². The van der Waals surface area contributed by atoms with Gasteiger partial charge in [0.15, 0.2) is 5.00 Å². The van der Waals surface area contributed by atoms with E-state index in [9.17, 15) is 20.3 Å². The van der Waals surface area contributed by atoms with Crippen molar-refractivity contribution in [3.8, 4) is 0 Å². The van der Waals surface area contributed by atoms with Crippen molar-refractivity contribution >= 4 is 22.0 Å². The highest BCUT2D eigenvalue weighted by molar-refractivity contribution is 7.16. The Kier molecular flexibility index (Phi) is 3.32. The number of hydrogen-bond acceptors (Lipinski definition) is 6. The van der Waals surface area contributed by atoms with Crippen LogP contribution < -0.4 is 4.90 Å². The number of nitrogens with zero attached hydrogens (tertiary/aromatic N) is 2. The lowest BCUT2D eigenvalue weighted by atomic mass is 10.3. The van der Waals surface area contributed by atoms with Gasteiger partial charge in [0.2, 0.25) is 0 Å². The van der Waals surface area contributed by atoms with Gasteiger partial charge in [-0.15, -0.1) is 11.3 Å². The quantitative estimate of drug-likeness (QED) is 0.630. The summed E-state index contributed by atoms with van der Waals surface area (Å²) in [6.07, 6.45) is -0.509. The van der Waals surface area contributed by atoms with Gasteiger partial charge in [-0.3, -0.25) is 10.1 Å². The van der Waals surface area contributed by atoms with Gasteiger partial charge in [-0.2, -0.15) is 0 Å². The number of rotatable bonds is 3. The van der Waals surface area contributed by atoms with E-state index >= 15 is 0 Å². The molecule has 1 unspecified atom stereocenters. The second-order valence-electron chi connectivity index (χ2n) is 4.16. The molecule has 1 fully saturated rings. The molecule has 2 atom stereocenters. The number of anilines is 1. The molecule has 0 spiro atoms. The highest BCUT2D eigenvalue weighted by Gasteiger charge is 2.29. The summed E-state index contributed by atoms with van der Waals surface area (Å²) in [7, 11) is 0. The van der Waals surface area contributed by atoms with Gasteiger partial charge in [0, 0.05) is 24.0 Å². The predicted molar refractivity (Wildman–Crippen MR) is 64.4 cm³/mol. The summed E-state index contributed by atoms with van der Waals surface area (Å²) in [5, 5.41) is 30.4. The highest BCUT2D eigenvalue weighted by atomic mass is 32.1. The number of aliphatic hydroxyl groups is 2. The Bertz CT molecular complexity index is 432. The number of nitro groups is 1. The van der Waals surface area contributed by atoms with Crippen LogP contribution in [0.1, 0.15) is 24.3 Å². The van der Waals surface area contributed by atoms with E-state index in [1.165, 1.54) is 17.4 Å². The average molecular weight is 258 g/mol. The summed E-state index contributed by atoms with van der Waals surface area (Å²) in [5.41, 5.74) is 0.0139. The summed E-state index contributed by atoms with van der Waals surface area (Å²) in [6, 6.07) is 1.41. The van der Waals surface area contributed by atoms with Crippen LogP contribution in [0.5, 0.6) is 0 Å². The van der Waals surface area contributed by atoms with Crippen LogP contribution in [0.15, 0.2) is 6.07 Å². The van der Waals surface area contributed by atoms with Crippen molar-refractivity contribution < 1.29 is 15.1 Å². The molecule has 0 bridgehead atoms. The first-order valence-corrected chi connectivity index (χ1v) is 6.20. The van der Waals surface area contributed by atoms with Crippen LogP contribution in [0.3, 0.4) is 0 Å². The van der Waals surface area contributed by atoms with Crippen LogP contribution in [-0.2, 0) is 0 Å². The van der Waals surface area contributed by atoms with E-state index in [4.69, 9.17) is 0 Å². The van der Waals surface area contributed by atoms with E-state index in [0.29, 0.717) is 29.4 Å². The van der Waals surface area contributed by atoms with Gasteiger partial charge in [0.25, 0.3) is 0 Å². The molecule has 0 aromatic carbocycles. The third-order valence-electron chi connectivity index (χ3n) is 2.77. The molecular weight excluding hydrogens is 244 g/mol. The molecule has 1 aliphatic heterocycles. The average Bonchev–Trinajstić information content (AvgIpc) is 2.82. The van der Waals surface area contributed by atoms with Crippen LogP contribution in [0.25, 0.3) is 0 Å². The summed E-state index contributed by atoms with van der Waals surface area (Å²) in [6.45, 7) is 2.61. The highest BCUT2D eigenvalue weighted by Crippen LogP contribution is 2.41. The zero-order valence-corrected chi connectivity index (χ0v) is 10.2. The van der Waals surface area contributed by atoms with E-state index in [1.54, 1.807) is 11.8 Å². The van der Waals surface area contributed by atoms with Crippen LogP contribution in [0, 0.1) is 10.1 Å². The van der Waals surface area contributed by atoms with E-state index in [-0.39, 0.29) is 5.69 Å². The van der Waals surface area contributed by atoms with Crippen LogP contribution >= 0.6 is 11.3 Å². The van der Waals surface area contributed by atoms with Gasteiger partial charge in [-0.1, -0.05) is 0 Å². The summed E-state index contributed by atoms with van der Waals surface area (Å²) in [4.78, 5) is 12.9. The van der Waals surface area contributed by atoms with Gasteiger partial charge < -0.3 is 15.1 Å². The maximum atomic E-state index is 10.9. The molecule has 17 heavy (non-hydrogen) atoms.